The van der Waals surface area contributed by atoms with Crippen molar-refractivity contribution < 1.29 is 14.2 Å². The Hall–Kier alpha value is -0.343. The standard InChI is InChI=1S/C18H32O3Si/c1-17(2,3)16-15-13-19-18(21-16,20-14-15)11-9-7-8-10-12-22(4,5)6/h15-16H,7-9,11,13-14H2,1-6H3. The highest BCUT2D eigenvalue weighted by Gasteiger charge is 2.52. The summed E-state index contributed by atoms with van der Waals surface area (Å²) in [4.78, 5) is 0. The van der Waals surface area contributed by atoms with Gasteiger partial charge in [0.25, 0.3) is 5.97 Å². The molecule has 0 saturated carbocycles. The van der Waals surface area contributed by atoms with Crippen LogP contribution in [-0.2, 0) is 14.2 Å². The molecule has 2 bridgehead atoms. The number of ether oxygens (including phenoxy) is 3. The van der Waals surface area contributed by atoms with Gasteiger partial charge in [-0.2, -0.15) is 0 Å². The van der Waals surface area contributed by atoms with Crippen molar-refractivity contribution in [2.24, 2.45) is 11.3 Å². The van der Waals surface area contributed by atoms with Gasteiger partial charge in [0.2, 0.25) is 0 Å². The molecule has 3 rings (SSSR count). The summed E-state index contributed by atoms with van der Waals surface area (Å²) in [5.41, 5.74) is 3.54. The third kappa shape index (κ3) is 4.83. The van der Waals surface area contributed by atoms with Gasteiger partial charge in [0.05, 0.1) is 19.3 Å². The number of fused-ring (bicyclic) bond motifs is 3. The third-order valence-electron chi connectivity index (χ3n) is 4.12. The molecule has 0 aromatic rings. The van der Waals surface area contributed by atoms with E-state index in [1.165, 1.54) is 0 Å². The highest BCUT2D eigenvalue weighted by atomic mass is 28.3. The molecule has 0 radical (unpaired) electrons. The molecule has 0 aromatic heterocycles. The summed E-state index contributed by atoms with van der Waals surface area (Å²) in [5, 5.41) is 0. The first-order valence-electron chi connectivity index (χ1n) is 8.57. The number of rotatable bonds is 4. The van der Waals surface area contributed by atoms with Gasteiger partial charge < -0.3 is 14.2 Å². The van der Waals surface area contributed by atoms with E-state index in [9.17, 15) is 0 Å². The van der Waals surface area contributed by atoms with E-state index < -0.39 is 14.0 Å². The maximum atomic E-state index is 6.22. The van der Waals surface area contributed by atoms with Gasteiger partial charge in [-0.25, -0.2) is 0 Å². The molecule has 126 valence electrons. The zero-order chi connectivity index (χ0) is 16.4. The lowest BCUT2D eigenvalue weighted by atomic mass is 9.80. The Morgan fingerprint density at radius 1 is 1.09 bits per heavy atom. The summed E-state index contributed by atoms with van der Waals surface area (Å²) in [7, 11) is -1.23. The quantitative estimate of drug-likeness (QED) is 0.441. The molecule has 3 aliphatic rings. The minimum absolute atomic E-state index is 0.131. The maximum Gasteiger partial charge on any atom is 0.283 e. The largest absolute Gasteiger partial charge is 0.327 e. The fraction of sp³-hybridized carbons (Fsp3) is 0.889. The second-order valence-corrected chi connectivity index (χ2v) is 13.5. The highest BCUT2D eigenvalue weighted by molar-refractivity contribution is 6.83. The van der Waals surface area contributed by atoms with Crippen molar-refractivity contribution in [1.82, 2.24) is 0 Å². The van der Waals surface area contributed by atoms with Crippen molar-refractivity contribution in [3.63, 3.8) is 0 Å². The van der Waals surface area contributed by atoms with Crippen LogP contribution in [0.1, 0.15) is 46.5 Å². The van der Waals surface area contributed by atoms with Gasteiger partial charge in [0, 0.05) is 18.8 Å². The van der Waals surface area contributed by atoms with E-state index in [1.807, 2.05) is 0 Å². The molecule has 22 heavy (non-hydrogen) atoms. The van der Waals surface area contributed by atoms with Crippen molar-refractivity contribution in [3.05, 3.63) is 0 Å². The molecular weight excluding hydrogens is 292 g/mol. The van der Waals surface area contributed by atoms with Crippen LogP contribution in [0, 0.1) is 22.8 Å². The van der Waals surface area contributed by atoms with E-state index in [0.29, 0.717) is 5.92 Å². The zero-order valence-electron chi connectivity index (χ0n) is 15.1. The maximum absolute atomic E-state index is 6.22. The molecule has 3 fully saturated rings. The summed E-state index contributed by atoms with van der Waals surface area (Å²) in [5.74, 6) is 2.90. The van der Waals surface area contributed by atoms with Crippen LogP contribution < -0.4 is 0 Å². The Balaban J connectivity index is 1.80. The van der Waals surface area contributed by atoms with Crippen molar-refractivity contribution in [1.29, 1.82) is 0 Å². The van der Waals surface area contributed by atoms with E-state index in [0.717, 1.165) is 38.9 Å². The second kappa shape index (κ2) is 6.65. The lowest BCUT2D eigenvalue weighted by molar-refractivity contribution is -0.478. The molecule has 1 atom stereocenters. The number of hydrogen-bond donors (Lipinski definition) is 0. The Labute approximate surface area is 137 Å². The first-order valence-corrected chi connectivity index (χ1v) is 12.1. The lowest BCUT2D eigenvalue weighted by Gasteiger charge is -2.53. The molecule has 0 spiro atoms. The van der Waals surface area contributed by atoms with Gasteiger partial charge in [0.15, 0.2) is 0 Å². The molecule has 0 aliphatic carbocycles. The topological polar surface area (TPSA) is 27.7 Å². The summed E-state index contributed by atoms with van der Waals surface area (Å²) >= 11 is 0. The Morgan fingerprint density at radius 3 is 2.27 bits per heavy atom. The molecule has 3 saturated heterocycles. The summed E-state index contributed by atoms with van der Waals surface area (Å²) in [6.45, 7) is 15.1. The number of unbranched alkanes of at least 4 members (excludes halogenated alkanes) is 2. The van der Waals surface area contributed by atoms with Crippen LogP contribution in [0.4, 0.5) is 0 Å². The summed E-state index contributed by atoms with van der Waals surface area (Å²) < 4.78 is 18.0. The van der Waals surface area contributed by atoms with Gasteiger partial charge in [-0.15, -0.1) is 11.5 Å². The van der Waals surface area contributed by atoms with Crippen LogP contribution in [-0.4, -0.2) is 33.4 Å². The Bertz CT molecular complexity index is 428. The Kier molecular flexibility index (Phi) is 5.44. The SMILES string of the molecule is CC(C)(C)C1OC2(CCCCC#C[Si](C)(C)C)OCC1CO2. The fourth-order valence-electron chi connectivity index (χ4n) is 3.06. The lowest BCUT2D eigenvalue weighted by Crippen LogP contribution is -2.61. The van der Waals surface area contributed by atoms with Crippen molar-refractivity contribution in [3.8, 4) is 11.5 Å². The molecular formula is C18H32O3Si. The minimum Gasteiger partial charge on any atom is -0.327 e. The molecule has 0 aromatic carbocycles. The van der Waals surface area contributed by atoms with Crippen LogP contribution in [0.5, 0.6) is 0 Å². The van der Waals surface area contributed by atoms with Gasteiger partial charge in [-0.3, -0.25) is 0 Å². The smallest absolute Gasteiger partial charge is 0.283 e. The summed E-state index contributed by atoms with van der Waals surface area (Å²) in [6, 6.07) is 0. The molecule has 3 heterocycles. The van der Waals surface area contributed by atoms with Gasteiger partial charge in [0.1, 0.15) is 8.07 Å². The van der Waals surface area contributed by atoms with Crippen molar-refractivity contribution in [2.75, 3.05) is 13.2 Å². The van der Waals surface area contributed by atoms with Crippen LogP contribution >= 0.6 is 0 Å². The fourth-order valence-corrected chi connectivity index (χ4v) is 3.72. The van der Waals surface area contributed by atoms with Crippen molar-refractivity contribution in [2.45, 2.75) is 78.2 Å². The monoisotopic (exact) mass is 324 g/mol. The molecule has 0 N–H and O–H groups in total. The van der Waals surface area contributed by atoms with E-state index in [1.54, 1.807) is 0 Å². The van der Waals surface area contributed by atoms with Gasteiger partial charge >= 0.3 is 0 Å². The van der Waals surface area contributed by atoms with Gasteiger partial charge in [-0.1, -0.05) is 40.4 Å². The molecule has 0 amide bonds. The van der Waals surface area contributed by atoms with Crippen LogP contribution in [0.2, 0.25) is 19.6 Å². The third-order valence-corrected chi connectivity index (χ3v) is 5.05. The average molecular weight is 325 g/mol. The Morgan fingerprint density at radius 2 is 1.73 bits per heavy atom. The minimum atomic E-state index is -1.23. The first-order chi connectivity index (χ1) is 10.1. The average Bonchev–Trinajstić information content (AvgIpc) is 2.42. The molecule has 4 heteroatoms. The normalized spacial score (nSPS) is 31.7. The van der Waals surface area contributed by atoms with Gasteiger partial charge in [-0.05, 0) is 18.3 Å². The van der Waals surface area contributed by atoms with Crippen LogP contribution in [0.25, 0.3) is 0 Å². The van der Waals surface area contributed by atoms with E-state index >= 15 is 0 Å². The van der Waals surface area contributed by atoms with Crippen LogP contribution in [0.3, 0.4) is 0 Å². The number of hydrogen-bond acceptors (Lipinski definition) is 3. The molecule has 3 nitrogen and oxygen atoms in total. The predicted octanol–water partition coefficient (Wildman–Crippen LogP) is 4.19. The highest BCUT2D eigenvalue weighted by Crippen LogP contribution is 2.43. The van der Waals surface area contributed by atoms with E-state index in [-0.39, 0.29) is 11.5 Å². The van der Waals surface area contributed by atoms with E-state index in [2.05, 4.69) is 51.9 Å². The second-order valence-electron chi connectivity index (χ2n) is 8.73. The van der Waals surface area contributed by atoms with E-state index in [4.69, 9.17) is 14.2 Å². The first kappa shape index (κ1) is 18.0. The summed E-state index contributed by atoms with van der Waals surface area (Å²) in [6.07, 6.45) is 4.11. The molecule has 1 unspecified atom stereocenters. The molecule has 3 aliphatic heterocycles. The predicted molar refractivity (Wildman–Crippen MR) is 92.0 cm³/mol. The van der Waals surface area contributed by atoms with Crippen molar-refractivity contribution >= 4 is 8.07 Å². The zero-order valence-corrected chi connectivity index (χ0v) is 16.1. The van der Waals surface area contributed by atoms with Crippen LogP contribution in [0.15, 0.2) is 0 Å².